The van der Waals surface area contributed by atoms with Gasteiger partial charge in [-0.05, 0) is 23.8 Å². The third-order valence-electron chi connectivity index (χ3n) is 5.18. The van der Waals surface area contributed by atoms with Crippen molar-refractivity contribution in [1.82, 2.24) is 4.90 Å². The van der Waals surface area contributed by atoms with Gasteiger partial charge < -0.3 is 16.2 Å². The normalized spacial score (nSPS) is 23.0. The number of likely N-dealkylation sites (N-methyl/N-ethyl adjacent to an activating group) is 1. The second kappa shape index (κ2) is 7.03. The molecule has 2 aromatic carbocycles. The summed E-state index contributed by atoms with van der Waals surface area (Å²) in [7, 11) is 1.53. The quantitative estimate of drug-likeness (QED) is 0.772. The Bertz CT molecular complexity index is 1190. The fraction of sp³-hybridized carbons (Fsp3) is 0.0909. The number of carbonyl (C=O) groups excluding carboxylic acids is 1. The maximum absolute atomic E-state index is 14.7. The molecule has 1 unspecified atom stereocenters. The van der Waals surface area contributed by atoms with Crippen molar-refractivity contribution in [2.24, 2.45) is 16.5 Å². The van der Waals surface area contributed by atoms with Gasteiger partial charge in [-0.15, -0.1) is 0 Å². The van der Waals surface area contributed by atoms with E-state index in [4.69, 9.17) is 27.8 Å². The Morgan fingerprint density at radius 3 is 2.73 bits per heavy atom. The van der Waals surface area contributed by atoms with Crippen LogP contribution in [0.25, 0.3) is 11.1 Å². The molecular weight excluding hydrogens is 407 g/mol. The van der Waals surface area contributed by atoms with Crippen LogP contribution in [0.5, 0.6) is 5.75 Å². The minimum absolute atomic E-state index is 0.00396. The van der Waals surface area contributed by atoms with Crippen molar-refractivity contribution in [3.05, 3.63) is 89.1 Å². The number of benzene rings is 2. The topological polar surface area (TPSA) is 93.9 Å². The Labute approximate surface area is 177 Å². The molecule has 0 saturated heterocycles. The SMILES string of the molecule is C=CC=C1/C(=C\N)Oc2ccc(-c3cccc(Cl)c3F)cc2C12N=C(N)N(C)C2=O. The average Bonchev–Trinajstić information content (AvgIpc) is 2.96. The van der Waals surface area contributed by atoms with E-state index in [0.717, 1.165) is 0 Å². The van der Waals surface area contributed by atoms with Crippen LogP contribution in [0.1, 0.15) is 5.56 Å². The number of hydrogen-bond acceptors (Lipinski definition) is 5. The van der Waals surface area contributed by atoms with Gasteiger partial charge in [-0.25, -0.2) is 9.38 Å². The van der Waals surface area contributed by atoms with E-state index in [1.54, 1.807) is 36.4 Å². The second-order valence-electron chi connectivity index (χ2n) is 6.81. The first kappa shape index (κ1) is 19.7. The number of fused-ring (bicyclic) bond motifs is 2. The van der Waals surface area contributed by atoms with Crippen molar-refractivity contribution in [3.8, 4) is 16.9 Å². The highest BCUT2D eigenvalue weighted by Crippen LogP contribution is 2.51. The molecule has 1 amide bonds. The van der Waals surface area contributed by atoms with Crippen LogP contribution in [-0.2, 0) is 10.3 Å². The van der Waals surface area contributed by atoms with Crippen LogP contribution >= 0.6 is 11.6 Å². The number of ether oxygens (including phenoxy) is 1. The van der Waals surface area contributed by atoms with Crippen LogP contribution in [0.15, 0.2) is 77.7 Å². The van der Waals surface area contributed by atoms with Crippen molar-refractivity contribution in [3.63, 3.8) is 0 Å². The van der Waals surface area contributed by atoms with Gasteiger partial charge in [0.25, 0.3) is 5.91 Å². The van der Waals surface area contributed by atoms with Crippen LogP contribution in [0.3, 0.4) is 0 Å². The lowest BCUT2D eigenvalue weighted by Crippen LogP contribution is -2.44. The molecule has 2 heterocycles. The predicted octanol–water partition coefficient (Wildman–Crippen LogP) is 3.43. The first-order valence-electron chi connectivity index (χ1n) is 9.00. The summed E-state index contributed by atoms with van der Waals surface area (Å²) in [6, 6.07) is 9.68. The Hall–Kier alpha value is -3.58. The molecule has 152 valence electrons. The number of rotatable bonds is 2. The number of carbonyl (C=O) groups is 1. The molecule has 2 aliphatic heterocycles. The molecule has 4 N–H and O–H groups in total. The van der Waals surface area contributed by atoms with E-state index < -0.39 is 11.4 Å². The van der Waals surface area contributed by atoms with E-state index >= 15 is 0 Å². The molecule has 2 aliphatic rings. The molecule has 30 heavy (non-hydrogen) atoms. The smallest absolute Gasteiger partial charge is 0.266 e. The number of amides is 1. The summed E-state index contributed by atoms with van der Waals surface area (Å²) in [5, 5.41) is -0.00396. The Kier molecular flexibility index (Phi) is 4.63. The van der Waals surface area contributed by atoms with E-state index in [2.05, 4.69) is 11.6 Å². The van der Waals surface area contributed by atoms with Crippen molar-refractivity contribution >= 4 is 23.5 Å². The van der Waals surface area contributed by atoms with Crippen LogP contribution in [-0.4, -0.2) is 23.8 Å². The molecule has 0 aliphatic carbocycles. The molecule has 0 bridgehead atoms. The number of aliphatic imine (C=N–C) groups is 1. The molecule has 1 spiro atoms. The first-order chi connectivity index (χ1) is 14.3. The van der Waals surface area contributed by atoms with E-state index in [9.17, 15) is 9.18 Å². The van der Waals surface area contributed by atoms with Gasteiger partial charge in [0.15, 0.2) is 5.96 Å². The van der Waals surface area contributed by atoms with Gasteiger partial charge in [0.2, 0.25) is 5.54 Å². The van der Waals surface area contributed by atoms with Gasteiger partial charge in [0, 0.05) is 29.9 Å². The van der Waals surface area contributed by atoms with Crippen LogP contribution in [0.2, 0.25) is 5.02 Å². The highest BCUT2D eigenvalue weighted by Gasteiger charge is 2.55. The van der Waals surface area contributed by atoms with Gasteiger partial charge in [-0.2, -0.15) is 0 Å². The van der Waals surface area contributed by atoms with Crippen molar-refractivity contribution in [2.75, 3.05) is 7.05 Å². The highest BCUT2D eigenvalue weighted by atomic mass is 35.5. The molecule has 8 heteroatoms. The number of halogens is 2. The molecule has 6 nitrogen and oxygen atoms in total. The summed E-state index contributed by atoms with van der Waals surface area (Å²) in [5.74, 6) is -0.296. The van der Waals surface area contributed by atoms with Gasteiger partial charge in [0.1, 0.15) is 17.3 Å². The van der Waals surface area contributed by atoms with Gasteiger partial charge in [0.05, 0.1) is 5.02 Å². The molecule has 2 aromatic rings. The zero-order valence-electron chi connectivity index (χ0n) is 16.0. The molecule has 0 aromatic heterocycles. The van der Waals surface area contributed by atoms with Gasteiger partial charge >= 0.3 is 0 Å². The lowest BCUT2D eigenvalue weighted by Gasteiger charge is -2.35. The summed E-state index contributed by atoms with van der Waals surface area (Å²) in [6.45, 7) is 3.71. The van der Waals surface area contributed by atoms with E-state index in [1.165, 1.54) is 30.3 Å². The number of guanidine groups is 1. The number of nitrogens with zero attached hydrogens (tertiary/aromatic N) is 2. The average molecular weight is 425 g/mol. The van der Waals surface area contributed by atoms with Crippen LogP contribution < -0.4 is 16.2 Å². The lowest BCUT2D eigenvalue weighted by atomic mass is 9.78. The maximum Gasteiger partial charge on any atom is 0.266 e. The summed E-state index contributed by atoms with van der Waals surface area (Å²) < 4.78 is 20.6. The first-order valence-corrected chi connectivity index (χ1v) is 9.38. The largest absolute Gasteiger partial charge is 0.455 e. The summed E-state index contributed by atoms with van der Waals surface area (Å²) in [6.07, 6.45) is 4.36. The van der Waals surface area contributed by atoms with Gasteiger partial charge in [-0.3, -0.25) is 9.69 Å². The standard InChI is InChI=1S/C22H18ClFN4O2/c1-3-5-14-18(11-25)30-17-9-8-12(13-6-4-7-16(23)19(13)24)10-15(17)22(14)20(29)28(2)21(26)27-22/h3-11H,1,25H2,2H3,(H2,26,27)/b14-5?,18-11+. The van der Waals surface area contributed by atoms with Crippen molar-refractivity contribution in [1.29, 1.82) is 0 Å². The molecule has 0 saturated carbocycles. The third-order valence-corrected chi connectivity index (χ3v) is 5.47. The van der Waals surface area contributed by atoms with E-state index in [-0.39, 0.29) is 28.2 Å². The molecule has 0 fully saturated rings. The molecule has 1 atom stereocenters. The van der Waals surface area contributed by atoms with Crippen molar-refractivity contribution < 1.29 is 13.9 Å². The minimum atomic E-state index is -1.53. The Morgan fingerprint density at radius 2 is 2.10 bits per heavy atom. The van der Waals surface area contributed by atoms with E-state index in [1.807, 2.05) is 0 Å². The number of hydrogen-bond donors (Lipinski definition) is 2. The Balaban J connectivity index is 2.05. The molecule has 0 radical (unpaired) electrons. The minimum Gasteiger partial charge on any atom is -0.455 e. The predicted molar refractivity (Wildman–Crippen MR) is 114 cm³/mol. The monoisotopic (exact) mass is 424 g/mol. The fourth-order valence-corrected chi connectivity index (χ4v) is 3.90. The molecular formula is C22H18ClFN4O2. The van der Waals surface area contributed by atoms with Crippen LogP contribution in [0.4, 0.5) is 4.39 Å². The van der Waals surface area contributed by atoms with Crippen molar-refractivity contribution in [2.45, 2.75) is 5.54 Å². The number of nitrogens with two attached hydrogens (primary N) is 2. The fourth-order valence-electron chi connectivity index (χ4n) is 3.73. The lowest BCUT2D eigenvalue weighted by molar-refractivity contribution is -0.129. The highest BCUT2D eigenvalue weighted by molar-refractivity contribution is 6.31. The zero-order chi connectivity index (χ0) is 21.6. The van der Waals surface area contributed by atoms with E-state index in [0.29, 0.717) is 22.4 Å². The maximum atomic E-state index is 14.7. The van der Waals surface area contributed by atoms with Gasteiger partial charge in [-0.1, -0.05) is 48.5 Å². The number of allylic oxidation sites excluding steroid dienone is 2. The third kappa shape index (κ3) is 2.63. The van der Waals surface area contributed by atoms with Crippen LogP contribution in [0, 0.1) is 5.82 Å². The molecule has 4 rings (SSSR count). The second-order valence-corrected chi connectivity index (χ2v) is 7.21. The summed E-state index contributed by atoms with van der Waals surface area (Å²) >= 11 is 5.95. The Morgan fingerprint density at radius 1 is 1.33 bits per heavy atom. The zero-order valence-corrected chi connectivity index (χ0v) is 16.8. The summed E-state index contributed by atoms with van der Waals surface area (Å²) in [5.41, 5.74) is 11.8. The summed E-state index contributed by atoms with van der Waals surface area (Å²) in [4.78, 5) is 19.2.